The number of alkyl halides is 2. The molecule has 3 amide bonds. The molecule has 0 aliphatic carbocycles. The van der Waals surface area contributed by atoms with E-state index in [2.05, 4.69) is 17.2 Å². The van der Waals surface area contributed by atoms with Crippen LogP contribution in [0.1, 0.15) is 43.9 Å². The van der Waals surface area contributed by atoms with Gasteiger partial charge in [-0.15, -0.1) is 0 Å². The topological polar surface area (TPSA) is 74.8 Å². The molecular weight excluding hydrogens is 394 g/mol. The Kier molecular flexibility index (Phi) is 5.65. The third-order valence-electron chi connectivity index (χ3n) is 6.44. The monoisotopic (exact) mass is 422 g/mol. The molecule has 3 aliphatic rings. The fourth-order valence-electron chi connectivity index (χ4n) is 4.72. The Morgan fingerprint density at radius 3 is 2.63 bits per heavy atom. The number of urea groups is 1. The van der Waals surface area contributed by atoms with Gasteiger partial charge in [-0.3, -0.25) is 9.78 Å². The number of aromatic nitrogens is 1. The Morgan fingerprint density at radius 2 is 1.97 bits per heavy atom. The largest absolute Gasteiger partial charge is 0.366 e. The van der Waals surface area contributed by atoms with E-state index in [1.54, 1.807) is 11.0 Å². The van der Waals surface area contributed by atoms with Crippen molar-refractivity contribution >= 4 is 11.9 Å². The number of hydrogen-bond acceptors (Lipinski definition) is 4. The van der Waals surface area contributed by atoms with Crippen molar-refractivity contribution in [1.82, 2.24) is 20.1 Å². The minimum Gasteiger partial charge on any atom is -0.366 e. The van der Waals surface area contributed by atoms with Crippen LogP contribution in [0.2, 0.25) is 0 Å². The Morgan fingerprint density at radius 1 is 1.23 bits per heavy atom. The van der Waals surface area contributed by atoms with Crippen molar-refractivity contribution in [2.24, 2.45) is 5.92 Å². The van der Waals surface area contributed by atoms with E-state index in [1.165, 1.54) is 12.3 Å². The summed E-state index contributed by atoms with van der Waals surface area (Å²) in [7, 11) is 0. The minimum atomic E-state index is -2.90. The molecule has 4 atom stereocenters. The Bertz CT molecular complexity index is 798. The van der Waals surface area contributed by atoms with E-state index in [9.17, 15) is 18.4 Å². The molecular formula is C21H28F2N4O3. The van der Waals surface area contributed by atoms with Crippen LogP contribution in [0.4, 0.5) is 13.6 Å². The molecule has 9 heteroatoms. The predicted octanol–water partition coefficient (Wildman–Crippen LogP) is 2.33. The van der Waals surface area contributed by atoms with Gasteiger partial charge < -0.3 is 19.9 Å². The molecule has 164 valence electrons. The van der Waals surface area contributed by atoms with Crippen molar-refractivity contribution in [2.75, 3.05) is 32.8 Å². The maximum atomic E-state index is 13.4. The Hall–Kier alpha value is -2.29. The van der Waals surface area contributed by atoms with Gasteiger partial charge >= 0.3 is 6.03 Å². The molecule has 1 unspecified atom stereocenters. The fraction of sp³-hybridized carbons (Fsp3) is 0.667. The first kappa shape index (κ1) is 21.0. The number of halogens is 2. The Labute approximate surface area is 174 Å². The van der Waals surface area contributed by atoms with E-state index >= 15 is 0 Å². The molecule has 0 aromatic carbocycles. The highest BCUT2D eigenvalue weighted by atomic mass is 19.3. The third kappa shape index (κ3) is 4.26. The van der Waals surface area contributed by atoms with E-state index in [4.69, 9.17) is 4.74 Å². The number of carbonyl (C=O) groups is 2. The lowest BCUT2D eigenvalue weighted by Gasteiger charge is -2.44. The van der Waals surface area contributed by atoms with Gasteiger partial charge in [0.15, 0.2) is 0 Å². The summed E-state index contributed by atoms with van der Waals surface area (Å²) >= 11 is 0. The summed E-state index contributed by atoms with van der Waals surface area (Å²) in [4.78, 5) is 32.6. The molecule has 0 spiro atoms. The normalized spacial score (nSPS) is 29.9. The number of fused-ring (bicyclic) bond motifs is 1. The summed E-state index contributed by atoms with van der Waals surface area (Å²) < 4.78 is 32.4. The van der Waals surface area contributed by atoms with Crippen LogP contribution >= 0.6 is 0 Å². The van der Waals surface area contributed by atoms with Crippen molar-refractivity contribution in [1.29, 1.82) is 0 Å². The maximum absolute atomic E-state index is 13.4. The molecule has 0 radical (unpaired) electrons. The first-order valence-electron chi connectivity index (χ1n) is 10.5. The Balaban J connectivity index is 1.36. The summed E-state index contributed by atoms with van der Waals surface area (Å²) in [5.74, 6) is -2.74. The number of pyridine rings is 1. The van der Waals surface area contributed by atoms with E-state index in [1.807, 2.05) is 4.90 Å². The molecule has 3 fully saturated rings. The molecule has 0 bridgehead atoms. The van der Waals surface area contributed by atoms with Crippen LogP contribution in [-0.2, 0) is 15.5 Å². The lowest BCUT2D eigenvalue weighted by molar-refractivity contribution is -0.139. The summed E-state index contributed by atoms with van der Waals surface area (Å²) in [5, 5.41) is 2.92. The molecule has 4 heterocycles. The number of hydrogen-bond donors (Lipinski definition) is 1. The quantitative estimate of drug-likeness (QED) is 0.794. The van der Waals surface area contributed by atoms with Gasteiger partial charge in [0, 0.05) is 56.5 Å². The predicted molar refractivity (Wildman–Crippen MR) is 105 cm³/mol. The van der Waals surface area contributed by atoms with Gasteiger partial charge in [0.1, 0.15) is 6.61 Å². The molecule has 1 aromatic rings. The average molecular weight is 422 g/mol. The van der Waals surface area contributed by atoms with Crippen molar-refractivity contribution < 1.29 is 23.1 Å². The SMILES string of the molecule is CC1CN(C(=O)N2CC[C@@H]3OCC(=O)N[C@@H]3C2)CC[C@@H]1c1ccc(C(C)(F)F)cn1. The third-order valence-corrected chi connectivity index (χ3v) is 6.44. The maximum Gasteiger partial charge on any atom is 0.320 e. The van der Waals surface area contributed by atoms with Crippen LogP contribution in [0.5, 0.6) is 0 Å². The number of likely N-dealkylation sites (tertiary alicyclic amines) is 2. The molecule has 7 nitrogen and oxygen atoms in total. The van der Waals surface area contributed by atoms with Crippen LogP contribution < -0.4 is 5.32 Å². The zero-order chi connectivity index (χ0) is 21.5. The molecule has 4 rings (SSSR count). The highest BCUT2D eigenvalue weighted by molar-refractivity contribution is 5.79. The first-order chi connectivity index (χ1) is 14.2. The van der Waals surface area contributed by atoms with E-state index < -0.39 is 5.92 Å². The number of carbonyl (C=O) groups excluding carboxylic acids is 2. The molecule has 1 aromatic heterocycles. The number of amides is 3. The lowest BCUT2D eigenvalue weighted by atomic mass is 9.84. The van der Waals surface area contributed by atoms with Crippen LogP contribution in [-0.4, -0.2) is 71.7 Å². The highest BCUT2D eigenvalue weighted by Gasteiger charge is 2.39. The van der Waals surface area contributed by atoms with E-state index in [0.717, 1.165) is 19.0 Å². The standard InChI is InChI=1S/C21H28F2N4O3/c1-13-10-26(7-5-15(13)16-4-3-14(9-24-16)21(2,22)23)20(29)27-8-6-18-17(11-27)25-19(28)12-30-18/h3-4,9,13,15,17-18H,5-8,10-12H2,1-2H3,(H,25,28)/t13?,15-,17+,18-/m0/s1. The van der Waals surface area contributed by atoms with Crippen LogP contribution in [0, 0.1) is 5.92 Å². The molecule has 0 saturated carbocycles. The second-order valence-electron chi connectivity index (χ2n) is 8.72. The van der Waals surface area contributed by atoms with Gasteiger partial charge in [0.05, 0.1) is 12.1 Å². The lowest BCUT2D eigenvalue weighted by Crippen LogP contribution is -2.62. The number of piperidine rings is 2. The number of nitrogens with one attached hydrogen (secondary N) is 1. The second kappa shape index (κ2) is 8.09. The molecule has 3 aliphatic heterocycles. The van der Waals surface area contributed by atoms with Gasteiger partial charge in [-0.05, 0) is 30.9 Å². The van der Waals surface area contributed by atoms with Crippen molar-refractivity contribution in [2.45, 2.75) is 50.7 Å². The number of morpholine rings is 1. The van der Waals surface area contributed by atoms with Gasteiger partial charge in [-0.2, -0.15) is 0 Å². The van der Waals surface area contributed by atoms with Crippen LogP contribution in [0.15, 0.2) is 18.3 Å². The summed E-state index contributed by atoms with van der Waals surface area (Å²) in [6.45, 7) is 5.26. The van der Waals surface area contributed by atoms with Crippen molar-refractivity contribution in [3.8, 4) is 0 Å². The second-order valence-corrected chi connectivity index (χ2v) is 8.72. The molecule has 3 saturated heterocycles. The highest BCUT2D eigenvalue weighted by Crippen LogP contribution is 2.34. The number of rotatable bonds is 2. The summed E-state index contributed by atoms with van der Waals surface area (Å²) in [5.41, 5.74) is 0.708. The molecule has 1 N–H and O–H groups in total. The summed E-state index contributed by atoms with van der Waals surface area (Å²) in [6.07, 6.45) is 2.67. The first-order valence-corrected chi connectivity index (χ1v) is 10.5. The zero-order valence-electron chi connectivity index (χ0n) is 17.3. The summed E-state index contributed by atoms with van der Waals surface area (Å²) in [6, 6.07) is 2.95. The van der Waals surface area contributed by atoms with Gasteiger partial charge in [-0.1, -0.05) is 6.92 Å². The minimum absolute atomic E-state index is 0.0208. The van der Waals surface area contributed by atoms with Crippen LogP contribution in [0.25, 0.3) is 0 Å². The van der Waals surface area contributed by atoms with Crippen molar-refractivity contribution in [3.63, 3.8) is 0 Å². The van der Waals surface area contributed by atoms with E-state index in [0.29, 0.717) is 32.6 Å². The van der Waals surface area contributed by atoms with Gasteiger partial charge in [-0.25, -0.2) is 13.6 Å². The smallest absolute Gasteiger partial charge is 0.320 e. The zero-order valence-corrected chi connectivity index (χ0v) is 17.3. The molecule has 30 heavy (non-hydrogen) atoms. The van der Waals surface area contributed by atoms with Gasteiger partial charge in [0.2, 0.25) is 5.91 Å². The number of ether oxygens (including phenoxy) is 1. The fourth-order valence-corrected chi connectivity index (χ4v) is 4.72. The van der Waals surface area contributed by atoms with Crippen LogP contribution in [0.3, 0.4) is 0 Å². The van der Waals surface area contributed by atoms with E-state index in [-0.39, 0.29) is 48.1 Å². The average Bonchev–Trinajstić information content (AvgIpc) is 2.72. The van der Waals surface area contributed by atoms with Gasteiger partial charge in [0.25, 0.3) is 5.92 Å². The number of nitrogens with zero attached hydrogens (tertiary/aromatic N) is 3. The van der Waals surface area contributed by atoms with Crippen molar-refractivity contribution in [3.05, 3.63) is 29.6 Å².